The first-order chi connectivity index (χ1) is 13.1. The molecule has 0 radical (unpaired) electrons. The van der Waals surface area contributed by atoms with E-state index in [4.69, 9.17) is 0 Å². The number of rotatable bonds is 7. The third-order valence-corrected chi connectivity index (χ3v) is 4.65. The second-order valence-electron chi connectivity index (χ2n) is 6.99. The Morgan fingerprint density at radius 2 is 1.74 bits per heavy atom. The summed E-state index contributed by atoms with van der Waals surface area (Å²) in [4.78, 5) is 27.6. The smallest absolute Gasteiger partial charge is 0.257 e. The molecule has 1 saturated heterocycles. The van der Waals surface area contributed by atoms with E-state index in [9.17, 15) is 4.79 Å². The molecule has 7 heteroatoms. The number of aromatic nitrogens is 2. The van der Waals surface area contributed by atoms with Crippen LogP contribution in [0.2, 0.25) is 0 Å². The molecule has 0 unspecified atom stereocenters. The molecule has 1 N–H and O–H groups in total. The summed E-state index contributed by atoms with van der Waals surface area (Å²) in [7, 11) is 4.10. The van der Waals surface area contributed by atoms with Crippen molar-refractivity contribution in [2.24, 2.45) is 0 Å². The number of anilines is 2. The summed E-state index contributed by atoms with van der Waals surface area (Å²) in [6.07, 6.45) is 4.25. The summed E-state index contributed by atoms with van der Waals surface area (Å²) in [5.41, 5.74) is 1.75. The van der Waals surface area contributed by atoms with Gasteiger partial charge in [-0.2, -0.15) is 0 Å². The standard InChI is InChI=1S/C20H28N6O/c1-24(2)10-6-9-21-20-22-15-17(16-23-20)19(27)26-13-11-25(12-14-26)18-7-4-3-5-8-18/h3-5,7-8,15-16H,6,9-14H2,1-2H3,(H,21,22,23). The largest absolute Gasteiger partial charge is 0.368 e. The lowest BCUT2D eigenvalue weighted by atomic mass is 10.2. The highest BCUT2D eigenvalue weighted by Gasteiger charge is 2.22. The highest BCUT2D eigenvalue weighted by molar-refractivity contribution is 5.93. The lowest BCUT2D eigenvalue weighted by Gasteiger charge is -2.36. The number of hydrogen-bond donors (Lipinski definition) is 1. The zero-order valence-electron chi connectivity index (χ0n) is 16.1. The number of nitrogens with zero attached hydrogens (tertiary/aromatic N) is 5. The average molecular weight is 368 g/mol. The fourth-order valence-electron chi connectivity index (χ4n) is 3.11. The van der Waals surface area contributed by atoms with E-state index in [2.05, 4.69) is 51.3 Å². The van der Waals surface area contributed by atoms with Crippen molar-refractivity contribution in [3.63, 3.8) is 0 Å². The van der Waals surface area contributed by atoms with Gasteiger partial charge in [0.1, 0.15) is 0 Å². The Balaban J connectivity index is 1.48. The second-order valence-corrected chi connectivity index (χ2v) is 6.99. The van der Waals surface area contributed by atoms with Crippen LogP contribution in [-0.2, 0) is 0 Å². The number of amides is 1. The van der Waals surface area contributed by atoms with E-state index in [-0.39, 0.29) is 5.91 Å². The summed E-state index contributed by atoms with van der Waals surface area (Å²) in [6.45, 7) is 4.91. The highest BCUT2D eigenvalue weighted by Crippen LogP contribution is 2.16. The molecule has 7 nitrogen and oxygen atoms in total. The molecule has 144 valence electrons. The Bertz CT molecular complexity index is 711. The number of benzene rings is 1. The second kappa shape index (κ2) is 9.32. The van der Waals surface area contributed by atoms with E-state index in [1.54, 1.807) is 12.4 Å². The molecule has 1 fully saturated rings. The number of carbonyl (C=O) groups excluding carboxylic acids is 1. The van der Waals surface area contributed by atoms with Crippen molar-refractivity contribution < 1.29 is 4.79 Å². The zero-order valence-corrected chi connectivity index (χ0v) is 16.1. The van der Waals surface area contributed by atoms with Gasteiger partial charge in [-0.15, -0.1) is 0 Å². The molecule has 0 atom stereocenters. The first kappa shape index (κ1) is 19.1. The third kappa shape index (κ3) is 5.40. The van der Waals surface area contributed by atoms with Crippen molar-refractivity contribution in [1.82, 2.24) is 19.8 Å². The normalized spacial score (nSPS) is 14.5. The Hall–Kier alpha value is -2.67. The van der Waals surface area contributed by atoms with Gasteiger partial charge in [0.15, 0.2) is 0 Å². The fourth-order valence-corrected chi connectivity index (χ4v) is 3.11. The Morgan fingerprint density at radius 1 is 1.07 bits per heavy atom. The molecule has 0 spiro atoms. The van der Waals surface area contributed by atoms with Gasteiger partial charge < -0.3 is 20.0 Å². The van der Waals surface area contributed by atoms with Crippen LogP contribution in [0.15, 0.2) is 42.7 Å². The number of para-hydroxylation sites is 1. The van der Waals surface area contributed by atoms with Gasteiger partial charge in [0.2, 0.25) is 5.95 Å². The molecular weight excluding hydrogens is 340 g/mol. The lowest BCUT2D eigenvalue weighted by Crippen LogP contribution is -2.48. The fraction of sp³-hybridized carbons (Fsp3) is 0.450. The maximum absolute atomic E-state index is 12.7. The van der Waals surface area contributed by atoms with E-state index >= 15 is 0 Å². The predicted octanol–water partition coefficient (Wildman–Crippen LogP) is 1.80. The summed E-state index contributed by atoms with van der Waals surface area (Å²) >= 11 is 0. The van der Waals surface area contributed by atoms with Crippen molar-refractivity contribution in [3.05, 3.63) is 48.3 Å². The van der Waals surface area contributed by atoms with Gasteiger partial charge in [0.25, 0.3) is 5.91 Å². The predicted molar refractivity (Wildman–Crippen MR) is 108 cm³/mol. The van der Waals surface area contributed by atoms with Crippen molar-refractivity contribution >= 4 is 17.5 Å². The summed E-state index contributed by atoms with van der Waals surface area (Å²) in [6, 6.07) is 10.3. The molecule has 2 heterocycles. The molecule has 1 aliphatic heterocycles. The molecule has 0 bridgehead atoms. The van der Waals surface area contributed by atoms with Crippen molar-refractivity contribution in [1.29, 1.82) is 0 Å². The van der Waals surface area contributed by atoms with Gasteiger partial charge >= 0.3 is 0 Å². The summed E-state index contributed by atoms with van der Waals surface area (Å²) in [5, 5.41) is 3.19. The van der Waals surface area contributed by atoms with Crippen LogP contribution in [-0.4, -0.2) is 79.0 Å². The first-order valence-corrected chi connectivity index (χ1v) is 9.43. The van der Waals surface area contributed by atoms with Crippen molar-refractivity contribution in [3.8, 4) is 0 Å². The monoisotopic (exact) mass is 368 g/mol. The van der Waals surface area contributed by atoms with Gasteiger partial charge in [-0.3, -0.25) is 4.79 Å². The molecular formula is C20H28N6O. The van der Waals surface area contributed by atoms with E-state index in [0.717, 1.165) is 32.6 Å². The van der Waals surface area contributed by atoms with Crippen molar-refractivity contribution in [2.45, 2.75) is 6.42 Å². The SMILES string of the molecule is CN(C)CCCNc1ncc(C(=O)N2CCN(c3ccccc3)CC2)cn1. The number of nitrogens with one attached hydrogen (secondary N) is 1. The Labute approximate surface area is 161 Å². The maximum atomic E-state index is 12.7. The van der Waals surface area contributed by atoms with Gasteiger partial charge in [-0.1, -0.05) is 18.2 Å². The van der Waals surface area contributed by atoms with Crippen LogP contribution in [0.5, 0.6) is 0 Å². The van der Waals surface area contributed by atoms with Gasteiger partial charge in [0, 0.05) is 50.8 Å². The zero-order chi connectivity index (χ0) is 19.1. The van der Waals surface area contributed by atoms with Crippen LogP contribution in [0.3, 0.4) is 0 Å². The van der Waals surface area contributed by atoms with Crippen LogP contribution in [0, 0.1) is 0 Å². The van der Waals surface area contributed by atoms with E-state index in [1.807, 2.05) is 23.1 Å². The molecule has 0 aliphatic carbocycles. The van der Waals surface area contributed by atoms with Crippen LogP contribution in [0.25, 0.3) is 0 Å². The molecule has 1 amide bonds. The minimum absolute atomic E-state index is 0.00173. The minimum atomic E-state index is 0.00173. The maximum Gasteiger partial charge on any atom is 0.257 e. The van der Waals surface area contributed by atoms with Gasteiger partial charge in [-0.05, 0) is 39.2 Å². The highest BCUT2D eigenvalue weighted by atomic mass is 16.2. The van der Waals surface area contributed by atoms with Crippen LogP contribution in [0.1, 0.15) is 16.8 Å². The third-order valence-electron chi connectivity index (χ3n) is 4.65. The van der Waals surface area contributed by atoms with E-state index in [1.165, 1.54) is 5.69 Å². The molecule has 1 aromatic carbocycles. The first-order valence-electron chi connectivity index (χ1n) is 9.43. The Morgan fingerprint density at radius 3 is 2.37 bits per heavy atom. The van der Waals surface area contributed by atoms with Gasteiger partial charge in [-0.25, -0.2) is 9.97 Å². The number of piperazine rings is 1. The summed E-state index contributed by atoms with van der Waals surface area (Å²) in [5.74, 6) is 0.570. The van der Waals surface area contributed by atoms with E-state index < -0.39 is 0 Å². The van der Waals surface area contributed by atoms with Crippen molar-refractivity contribution in [2.75, 3.05) is 63.6 Å². The molecule has 0 saturated carbocycles. The molecule has 27 heavy (non-hydrogen) atoms. The average Bonchev–Trinajstić information content (AvgIpc) is 2.72. The minimum Gasteiger partial charge on any atom is -0.368 e. The Kier molecular flexibility index (Phi) is 6.59. The molecule has 2 aromatic rings. The molecule has 1 aromatic heterocycles. The molecule has 3 rings (SSSR count). The van der Waals surface area contributed by atoms with Crippen LogP contribution < -0.4 is 10.2 Å². The van der Waals surface area contributed by atoms with Crippen LogP contribution in [0.4, 0.5) is 11.6 Å². The van der Waals surface area contributed by atoms with E-state index in [0.29, 0.717) is 24.6 Å². The summed E-state index contributed by atoms with van der Waals surface area (Å²) < 4.78 is 0. The van der Waals surface area contributed by atoms with Gasteiger partial charge in [0.05, 0.1) is 5.56 Å². The topological polar surface area (TPSA) is 64.6 Å². The number of carbonyl (C=O) groups is 1. The quantitative estimate of drug-likeness (QED) is 0.752. The molecule has 1 aliphatic rings. The number of hydrogen-bond acceptors (Lipinski definition) is 6. The van der Waals surface area contributed by atoms with Crippen LogP contribution >= 0.6 is 0 Å². The lowest BCUT2D eigenvalue weighted by molar-refractivity contribution is 0.0746.